The van der Waals surface area contributed by atoms with E-state index >= 15 is 0 Å². The van der Waals surface area contributed by atoms with Crippen LogP contribution in [0, 0.1) is 24.0 Å². The van der Waals surface area contributed by atoms with Crippen molar-refractivity contribution in [2.45, 2.75) is 13.8 Å². The van der Waals surface area contributed by atoms with E-state index in [4.69, 9.17) is 4.74 Å². The molecule has 0 aromatic heterocycles. The maximum Gasteiger partial charge on any atom is 0.270 e. The summed E-state index contributed by atoms with van der Waals surface area (Å²) >= 11 is 0. The van der Waals surface area contributed by atoms with Gasteiger partial charge in [-0.05, 0) is 43.2 Å². The van der Waals surface area contributed by atoms with Crippen LogP contribution in [0.1, 0.15) is 21.5 Å². The Morgan fingerprint density at radius 3 is 2.46 bits per heavy atom. The highest BCUT2D eigenvalue weighted by molar-refractivity contribution is 5.96. The van der Waals surface area contributed by atoms with Gasteiger partial charge in [-0.1, -0.05) is 12.1 Å². The number of likely N-dealkylation sites (N-methyl/N-ethyl adjacent to an activating group) is 1. The van der Waals surface area contributed by atoms with Crippen LogP contribution in [0.2, 0.25) is 0 Å². The van der Waals surface area contributed by atoms with Crippen molar-refractivity contribution in [1.29, 1.82) is 0 Å². The monoisotopic (exact) mass is 385 g/mol. The van der Waals surface area contributed by atoms with Gasteiger partial charge in [-0.3, -0.25) is 19.7 Å². The third kappa shape index (κ3) is 6.08. The third-order valence-corrected chi connectivity index (χ3v) is 4.04. The maximum absolute atomic E-state index is 12.2. The van der Waals surface area contributed by atoms with Gasteiger partial charge in [0.1, 0.15) is 12.4 Å². The summed E-state index contributed by atoms with van der Waals surface area (Å²) < 4.78 is 5.67. The van der Waals surface area contributed by atoms with Crippen LogP contribution in [0.15, 0.2) is 42.5 Å². The number of aryl methyl sites for hydroxylation is 2. The van der Waals surface area contributed by atoms with E-state index in [9.17, 15) is 19.7 Å². The molecule has 2 amide bonds. The number of nitrogens with zero attached hydrogens (tertiary/aromatic N) is 2. The first-order valence-electron chi connectivity index (χ1n) is 8.74. The van der Waals surface area contributed by atoms with Crippen LogP contribution in [0.4, 0.5) is 5.69 Å². The zero-order valence-electron chi connectivity index (χ0n) is 16.1. The minimum absolute atomic E-state index is 0.128. The largest absolute Gasteiger partial charge is 0.492 e. The van der Waals surface area contributed by atoms with Crippen LogP contribution in [0.25, 0.3) is 0 Å². The van der Waals surface area contributed by atoms with E-state index < -0.39 is 10.8 Å². The number of amides is 2. The predicted molar refractivity (Wildman–Crippen MR) is 104 cm³/mol. The van der Waals surface area contributed by atoms with Gasteiger partial charge >= 0.3 is 0 Å². The standard InChI is InChI=1S/C20H23N3O5/c1-14-9-15(2)11-18(10-14)28-8-7-22(3)19(24)13-21-20(25)16-5-4-6-17(12-16)23(26)27/h4-6,9-12H,7-8,13H2,1-3H3,(H,21,25). The average Bonchev–Trinajstić information content (AvgIpc) is 2.65. The highest BCUT2D eigenvalue weighted by Gasteiger charge is 2.14. The van der Waals surface area contributed by atoms with E-state index in [1.807, 2.05) is 32.0 Å². The molecule has 2 rings (SSSR count). The molecule has 2 aromatic rings. The van der Waals surface area contributed by atoms with Crippen LogP contribution in [0.5, 0.6) is 5.75 Å². The van der Waals surface area contributed by atoms with Crippen molar-refractivity contribution in [3.05, 3.63) is 69.3 Å². The van der Waals surface area contributed by atoms with Gasteiger partial charge in [-0.2, -0.15) is 0 Å². The summed E-state index contributed by atoms with van der Waals surface area (Å²) in [7, 11) is 1.62. The summed E-state index contributed by atoms with van der Waals surface area (Å²) in [5, 5.41) is 13.2. The van der Waals surface area contributed by atoms with Crippen molar-refractivity contribution in [1.82, 2.24) is 10.2 Å². The van der Waals surface area contributed by atoms with Crippen LogP contribution in [-0.2, 0) is 4.79 Å². The maximum atomic E-state index is 12.2. The first-order valence-corrected chi connectivity index (χ1v) is 8.74. The SMILES string of the molecule is Cc1cc(C)cc(OCCN(C)C(=O)CNC(=O)c2cccc([N+](=O)[O-])c2)c1. The summed E-state index contributed by atoms with van der Waals surface area (Å²) in [6, 6.07) is 11.2. The minimum Gasteiger partial charge on any atom is -0.492 e. The molecule has 1 N–H and O–H groups in total. The fraction of sp³-hybridized carbons (Fsp3) is 0.300. The molecule has 0 spiro atoms. The zero-order chi connectivity index (χ0) is 20.7. The number of benzene rings is 2. The quantitative estimate of drug-likeness (QED) is 0.556. The Balaban J connectivity index is 1.79. The van der Waals surface area contributed by atoms with Crippen molar-refractivity contribution in [2.75, 3.05) is 26.7 Å². The van der Waals surface area contributed by atoms with Crippen molar-refractivity contribution in [2.24, 2.45) is 0 Å². The Hall–Kier alpha value is -3.42. The van der Waals surface area contributed by atoms with Crippen LogP contribution >= 0.6 is 0 Å². The number of nitro benzene ring substituents is 1. The molecule has 2 aromatic carbocycles. The van der Waals surface area contributed by atoms with E-state index in [2.05, 4.69) is 5.32 Å². The first kappa shape index (κ1) is 20.9. The molecule has 0 heterocycles. The number of nitrogens with one attached hydrogen (secondary N) is 1. The average molecular weight is 385 g/mol. The van der Waals surface area contributed by atoms with Gasteiger partial charge < -0.3 is 15.0 Å². The Labute approximate surface area is 163 Å². The normalized spacial score (nSPS) is 10.2. The minimum atomic E-state index is -0.578. The number of non-ortho nitro benzene ring substituents is 1. The lowest BCUT2D eigenvalue weighted by atomic mass is 10.1. The van der Waals surface area contributed by atoms with Gasteiger partial charge in [-0.25, -0.2) is 0 Å². The molecular weight excluding hydrogens is 362 g/mol. The fourth-order valence-corrected chi connectivity index (χ4v) is 2.59. The third-order valence-electron chi connectivity index (χ3n) is 4.04. The van der Waals surface area contributed by atoms with Gasteiger partial charge in [0.2, 0.25) is 5.91 Å². The number of carbonyl (C=O) groups is 2. The lowest BCUT2D eigenvalue weighted by molar-refractivity contribution is -0.384. The van der Waals surface area contributed by atoms with E-state index in [-0.39, 0.29) is 23.7 Å². The molecular formula is C20H23N3O5. The number of nitro groups is 1. The number of ether oxygens (including phenoxy) is 1. The van der Waals surface area contributed by atoms with Gasteiger partial charge in [-0.15, -0.1) is 0 Å². The molecule has 0 unspecified atom stereocenters. The van der Waals surface area contributed by atoms with Crippen molar-refractivity contribution in [3.63, 3.8) is 0 Å². The molecule has 0 atom stereocenters. The Bertz CT molecular complexity index is 862. The zero-order valence-corrected chi connectivity index (χ0v) is 16.1. The predicted octanol–water partition coefficient (Wildman–Crippen LogP) is 2.48. The molecule has 0 aliphatic carbocycles. The highest BCUT2D eigenvalue weighted by Crippen LogP contribution is 2.16. The summed E-state index contributed by atoms with van der Waals surface area (Å²) in [5.74, 6) is -0.0861. The molecule has 8 nitrogen and oxygen atoms in total. The second-order valence-electron chi connectivity index (χ2n) is 6.48. The molecule has 0 fully saturated rings. The Morgan fingerprint density at radius 1 is 1.14 bits per heavy atom. The van der Waals surface area contributed by atoms with Crippen LogP contribution < -0.4 is 10.1 Å². The first-order chi connectivity index (χ1) is 13.3. The van der Waals surface area contributed by atoms with Crippen molar-refractivity contribution >= 4 is 17.5 Å². The number of hydrogen-bond donors (Lipinski definition) is 1. The molecule has 0 radical (unpaired) electrons. The Morgan fingerprint density at radius 2 is 1.82 bits per heavy atom. The number of carbonyl (C=O) groups excluding carboxylic acids is 2. The molecule has 0 saturated heterocycles. The van der Waals surface area contributed by atoms with Crippen LogP contribution in [-0.4, -0.2) is 48.4 Å². The van der Waals surface area contributed by atoms with E-state index in [1.165, 1.54) is 29.2 Å². The number of rotatable bonds is 8. The van der Waals surface area contributed by atoms with E-state index in [1.54, 1.807) is 7.05 Å². The molecule has 148 valence electrons. The lowest BCUT2D eigenvalue weighted by Crippen LogP contribution is -2.39. The summed E-state index contributed by atoms with van der Waals surface area (Å²) in [6.07, 6.45) is 0. The summed E-state index contributed by atoms with van der Waals surface area (Å²) in [4.78, 5) is 35.9. The van der Waals surface area contributed by atoms with Crippen molar-refractivity contribution < 1.29 is 19.2 Å². The highest BCUT2D eigenvalue weighted by atomic mass is 16.6. The van der Waals surface area contributed by atoms with E-state index in [0.717, 1.165) is 16.9 Å². The molecule has 0 aliphatic rings. The second-order valence-corrected chi connectivity index (χ2v) is 6.48. The van der Waals surface area contributed by atoms with Crippen LogP contribution in [0.3, 0.4) is 0 Å². The summed E-state index contributed by atoms with van der Waals surface area (Å²) in [6.45, 7) is 4.45. The molecule has 0 bridgehead atoms. The fourth-order valence-electron chi connectivity index (χ4n) is 2.59. The van der Waals surface area contributed by atoms with Gasteiger partial charge in [0.15, 0.2) is 0 Å². The lowest BCUT2D eigenvalue weighted by Gasteiger charge is -2.18. The second kappa shape index (κ2) is 9.50. The molecule has 0 aliphatic heterocycles. The van der Waals surface area contributed by atoms with Crippen molar-refractivity contribution in [3.8, 4) is 5.75 Å². The topological polar surface area (TPSA) is 102 Å². The smallest absolute Gasteiger partial charge is 0.270 e. The van der Waals surface area contributed by atoms with Gasteiger partial charge in [0, 0.05) is 24.7 Å². The number of hydrogen-bond acceptors (Lipinski definition) is 5. The van der Waals surface area contributed by atoms with Gasteiger partial charge in [0.05, 0.1) is 18.0 Å². The van der Waals surface area contributed by atoms with E-state index in [0.29, 0.717) is 13.2 Å². The Kier molecular flexibility index (Phi) is 7.08. The summed E-state index contributed by atoms with van der Waals surface area (Å²) in [5.41, 5.74) is 2.15. The molecule has 0 saturated carbocycles. The van der Waals surface area contributed by atoms with Gasteiger partial charge in [0.25, 0.3) is 11.6 Å². The molecule has 8 heteroatoms. The molecule has 28 heavy (non-hydrogen) atoms.